The Hall–Kier alpha value is -2.66. The van der Waals surface area contributed by atoms with Gasteiger partial charge in [-0.25, -0.2) is 4.79 Å². The van der Waals surface area contributed by atoms with Gasteiger partial charge >= 0.3 is 36.2 Å². The van der Waals surface area contributed by atoms with Gasteiger partial charge in [-0.2, -0.15) is 26.3 Å². The summed E-state index contributed by atoms with van der Waals surface area (Å²) in [5.74, 6) is -9.66. The molecule has 0 aromatic rings. The predicted molar refractivity (Wildman–Crippen MR) is 114 cm³/mol. The Morgan fingerprint density at radius 2 is 1.55 bits per heavy atom. The lowest BCUT2D eigenvalue weighted by Gasteiger charge is -2.30. The van der Waals surface area contributed by atoms with Gasteiger partial charge in [-0.1, -0.05) is 6.92 Å². The number of rotatable bonds is 9. The van der Waals surface area contributed by atoms with E-state index in [9.17, 15) is 45.5 Å². The van der Waals surface area contributed by atoms with Crippen LogP contribution < -0.4 is 0 Å². The Morgan fingerprint density at radius 3 is 2.08 bits per heavy atom. The number of hydrogen-bond donors (Lipinski definition) is 0. The van der Waals surface area contributed by atoms with Crippen molar-refractivity contribution in [1.82, 2.24) is 0 Å². The molecule has 0 aromatic carbocycles. The Morgan fingerprint density at radius 1 is 0.950 bits per heavy atom. The molecule has 0 aliphatic carbocycles. The zero-order chi connectivity index (χ0) is 30.4. The number of halogens is 6. The maximum atomic E-state index is 12.9. The van der Waals surface area contributed by atoms with Crippen LogP contribution in [0, 0.1) is 11.3 Å². The van der Waals surface area contributed by atoms with E-state index in [1.54, 1.807) is 20.8 Å². The first-order chi connectivity index (χ1) is 18.2. The van der Waals surface area contributed by atoms with Crippen molar-refractivity contribution in [2.45, 2.75) is 102 Å². The summed E-state index contributed by atoms with van der Waals surface area (Å²) < 4.78 is 113. The molecule has 17 heteroatoms. The van der Waals surface area contributed by atoms with Crippen molar-refractivity contribution >= 4 is 23.9 Å². The molecule has 3 fully saturated rings. The average Bonchev–Trinajstić information content (AvgIpc) is 3.41. The number of ether oxygens (including phenoxy) is 7. The van der Waals surface area contributed by atoms with Gasteiger partial charge in [0, 0.05) is 6.42 Å². The quantitative estimate of drug-likeness (QED) is 0.169. The average molecular weight is 594 g/mol. The minimum absolute atomic E-state index is 0.369. The second-order valence-corrected chi connectivity index (χ2v) is 10.2. The van der Waals surface area contributed by atoms with Gasteiger partial charge in [-0.05, 0) is 34.1 Å². The number of hydrogen-bond acceptors (Lipinski definition) is 11. The van der Waals surface area contributed by atoms with Crippen molar-refractivity contribution in [3.05, 3.63) is 0 Å². The van der Waals surface area contributed by atoms with E-state index >= 15 is 0 Å². The molecule has 0 aromatic heterocycles. The molecular formula is C23H28F6O11. The van der Waals surface area contributed by atoms with E-state index in [2.05, 4.69) is 9.47 Å². The van der Waals surface area contributed by atoms with E-state index in [4.69, 9.17) is 23.7 Å². The molecule has 11 nitrogen and oxygen atoms in total. The highest BCUT2D eigenvalue weighted by molar-refractivity contribution is 5.95. The van der Waals surface area contributed by atoms with Crippen molar-refractivity contribution in [3.8, 4) is 0 Å². The van der Waals surface area contributed by atoms with Crippen LogP contribution in [0.1, 0.15) is 47.5 Å². The monoisotopic (exact) mass is 594 g/mol. The summed E-state index contributed by atoms with van der Waals surface area (Å²) >= 11 is 0. The Bertz CT molecular complexity index is 998. The maximum Gasteiger partial charge on any atom is 0.434 e. The molecule has 40 heavy (non-hydrogen) atoms. The molecule has 0 amide bonds. The first-order valence-corrected chi connectivity index (χ1v) is 12.2. The molecule has 3 aliphatic heterocycles. The van der Waals surface area contributed by atoms with Crippen LogP contribution in [-0.2, 0) is 52.3 Å². The standard InChI is InChI=1S/C23H28F6O11/c1-6-20(3,4)19(33)37-12-10-11(35-16(12)32)13-17(36-10)40-21(5,39-13)8-9(14(30)34-7-2)15(31)38-18(22(24,25)26)23(27,28)29/h9-13,17-18H,6-8H2,1-5H3. The van der Waals surface area contributed by atoms with Crippen LogP contribution in [0.15, 0.2) is 0 Å². The van der Waals surface area contributed by atoms with Crippen LogP contribution in [-0.4, -0.2) is 85.4 Å². The number of esters is 4. The van der Waals surface area contributed by atoms with Gasteiger partial charge in [0.1, 0.15) is 6.10 Å². The summed E-state index contributed by atoms with van der Waals surface area (Å²) in [5, 5.41) is 0. The van der Waals surface area contributed by atoms with Crippen molar-refractivity contribution < 1.29 is 78.7 Å². The summed E-state index contributed by atoms with van der Waals surface area (Å²) in [5.41, 5.74) is -0.924. The zero-order valence-electron chi connectivity index (χ0n) is 21.9. The summed E-state index contributed by atoms with van der Waals surface area (Å²) in [6.07, 6.45) is -23.4. The first kappa shape index (κ1) is 31.9. The maximum absolute atomic E-state index is 12.9. The Labute approximate surface area is 223 Å². The van der Waals surface area contributed by atoms with Crippen molar-refractivity contribution in [2.75, 3.05) is 6.61 Å². The van der Waals surface area contributed by atoms with Crippen LogP contribution in [0.3, 0.4) is 0 Å². The highest BCUT2D eigenvalue weighted by atomic mass is 19.4. The molecule has 3 saturated heterocycles. The van der Waals surface area contributed by atoms with Gasteiger partial charge in [-0.15, -0.1) is 0 Å². The topological polar surface area (TPSA) is 133 Å². The number of carbonyl (C=O) groups excluding carboxylic acids is 4. The van der Waals surface area contributed by atoms with E-state index in [0.717, 1.165) is 6.92 Å². The van der Waals surface area contributed by atoms with E-state index in [1.165, 1.54) is 6.92 Å². The number of alkyl halides is 6. The molecule has 0 radical (unpaired) electrons. The minimum atomic E-state index is -6.02. The molecular weight excluding hydrogens is 566 g/mol. The van der Waals surface area contributed by atoms with Crippen LogP contribution in [0.4, 0.5) is 26.3 Å². The van der Waals surface area contributed by atoms with Gasteiger partial charge in [-0.3, -0.25) is 14.4 Å². The smallest absolute Gasteiger partial charge is 0.434 e. The second kappa shape index (κ2) is 11.0. The predicted octanol–water partition coefficient (Wildman–Crippen LogP) is 2.72. The largest absolute Gasteiger partial charge is 0.465 e. The fourth-order valence-corrected chi connectivity index (χ4v) is 4.17. The highest BCUT2D eigenvalue weighted by Crippen LogP contribution is 2.46. The van der Waals surface area contributed by atoms with Crippen LogP contribution in [0.2, 0.25) is 0 Å². The molecule has 0 spiro atoms. The number of carbonyl (C=O) groups is 4. The molecule has 228 valence electrons. The molecule has 0 saturated carbocycles. The third-order valence-electron chi connectivity index (χ3n) is 6.67. The second-order valence-electron chi connectivity index (χ2n) is 10.2. The van der Waals surface area contributed by atoms with Gasteiger partial charge in [0.2, 0.25) is 6.10 Å². The summed E-state index contributed by atoms with van der Waals surface area (Å²) in [6.45, 7) is 6.99. The van der Waals surface area contributed by atoms with Crippen molar-refractivity contribution in [1.29, 1.82) is 0 Å². The minimum Gasteiger partial charge on any atom is -0.465 e. The number of fused-ring (bicyclic) bond motifs is 3. The molecule has 3 aliphatic rings. The normalized spacial score (nSPS) is 30.9. The summed E-state index contributed by atoms with van der Waals surface area (Å²) in [6, 6.07) is 0. The summed E-state index contributed by atoms with van der Waals surface area (Å²) in [4.78, 5) is 49.7. The lowest BCUT2D eigenvalue weighted by molar-refractivity contribution is -0.315. The Balaban J connectivity index is 1.75. The van der Waals surface area contributed by atoms with Gasteiger partial charge < -0.3 is 33.2 Å². The van der Waals surface area contributed by atoms with Gasteiger partial charge in [0.15, 0.2) is 30.2 Å². The molecule has 3 rings (SSSR count). The molecule has 7 atom stereocenters. The first-order valence-electron chi connectivity index (χ1n) is 12.2. The molecule has 0 N–H and O–H groups in total. The van der Waals surface area contributed by atoms with Crippen LogP contribution in [0.25, 0.3) is 0 Å². The van der Waals surface area contributed by atoms with E-state index in [-0.39, 0.29) is 6.61 Å². The van der Waals surface area contributed by atoms with Crippen molar-refractivity contribution in [3.63, 3.8) is 0 Å². The van der Waals surface area contributed by atoms with E-state index in [0.29, 0.717) is 6.42 Å². The third kappa shape index (κ3) is 6.46. The van der Waals surface area contributed by atoms with E-state index < -0.39 is 96.6 Å². The van der Waals surface area contributed by atoms with Gasteiger partial charge in [0.25, 0.3) is 6.10 Å². The fourth-order valence-electron chi connectivity index (χ4n) is 4.17. The lowest BCUT2D eigenvalue weighted by atomic mass is 9.90. The van der Waals surface area contributed by atoms with Crippen LogP contribution in [0.5, 0.6) is 0 Å². The molecule has 7 unspecified atom stereocenters. The van der Waals surface area contributed by atoms with Crippen molar-refractivity contribution in [2.24, 2.45) is 11.3 Å². The molecule has 3 heterocycles. The van der Waals surface area contributed by atoms with E-state index in [1.807, 2.05) is 0 Å². The Kier molecular flexibility index (Phi) is 8.73. The van der Waals surface area contributed by atoms with Crippen LogP contribution >= 0.6 is 0 Å². The fraction of sp³-hybridized carbons (Fsp3) is 0.826. The lowest BCUT2D eigenvalue weighted by Crippen LogP contribution is -2.48. The van der Waals surface area contributed by atoms with Gasteiger partial charge in [0.05, 0.1) is 12.0 Å². The zero-order valence-corrected chi connectivity index (χ0v) is 21.9. The molecule has 0 bridgehead atoms. The highest BCUT2D eigenvalue weighted by Gasteiger charge is 2.66. The SMILES string of the molecule is CCOC(=O)C(CC1(C)OC2OC3C(OC(=O)C(C)(C)CC)C(=O)OC3C2O1)C(=O)OC(C(F)(F)F)C(F)(F)F. The third-order valence-corrected chi connectivity index (χ3v) is 6.67. The summed E-state index contributed by atoms with van der Waals surface area (Å²) in [7, 11) is 0.